The maximum absolute atomic E-state index is 12.6. The second-order valence-corrected chi connectivity index (χ2v) is 7.22. The number of oxime groups is 1. The van der Waals surface area contributed by atoms with Crippen LogP contribution in [0.3, 0.4) is 0 Å². The molecule has 0 saturated carbocycles. The lowest BCUT2D eigenvalue weighted by molar-refractivity contribution is -0.125. The Labute approximate surface area is 189 Å². The molecule has 9 heteroatoms. The summed E-state index contributed by atoms with van der Waals surface area (Å²) in [6.07, 6.45) is 1.76. The van der Waals surface area contributed by atoms with Crippen molar-refractivity contribution < 1.29 is 19.2 Å². The van der Waals surface area contributed by atoms with E-state index in [-0.39, 0.29) is 5.91 Å². The van der Waals surface area contributed by atoms with E-state index in [1.54, 1.807) is 73.1 Å². The molecular weight excluding hydrogens is 422 g/mol. The lowest BCUT2D eigenvalue weighted by Crippen LogP contribution is -2.34. The van der Waals surface area contributed by atoms with E-state index in [0.717, 1.165) is 5.56 Å². The quantitative estimate of drug-likeness (QED) is 0.602. The summed E-state index contributed by atoms with van der Waals surface area (Å²) in [5.41, 5.74) is 6.26. The first-order valence-electron chi connectivity index (χ1n) is 10.0. The van der Waals surface area contributed by atoms with E-state index in [9.17, 15) is 14.9 Å². The number of carbonyl (C=O) groups excluding carboxylic acids is 2. The van der Waals surface area contributed by atoms with Crippen molar-refractivity contribution in [2.75, 3.05) is 5.32 Å². The van der Waals surface area contributed by atoms with Gasteiger partial charge >= 0.3 is 6.09 Å². The zero-order valence-corrected chi connectivity index (χ0v) is 17.3. The SMILES string of the molecule is N#CC(OC(N)=O)(c1ccccc1)c1ccc(NC(=O)C2CC(c3cccnc3)=NO2)cc1. The summed E-state index contributed by atoms with van der Waals surface area (Å²) in [4.78, 5) is 33.5. The molecule has 3 N–H and O–H groups in total. The normalized spacial score (nSPS) is 16.5. The van der Waals surface area contributed by atoms with Gasteiger partial charge in [-0.25, -0.2) is 4.79 Å². The smallest absolute Gasteiger partial charge is 0.406 e. The molecule has 0 fully saturated rings. The first kappa shape index (κ1) is 21.5. The summed E-state index contributed by atoms with van der Waals surface area (Å²) in [6, 6.07) is 20.6. The molecule has 1 aliphatic heterocycles. The van der Waals surface area contributed by atoms with Gasteiger partial charge < -0.3 is 20.6 Å². The molecule has 0 radical (unpaired) electrons. The second-order valence-electron chi connectivity index (χ2n) is 7.22. The molecule has 4 rings (SSSR count). The molecule has 2 heterocycles. The Morgan fingerprint density at radius 1 is 1.09 bits per heavy atom. The van der Waals surface area contributed by atoms with Crippen LogP contribution >= 0.6 is 0 Å². The van der Waals surface area contributed by atoms with Crippen LogP contribution in [0.15, 0.2) is 84.3 Å². The highest BCUT2D eigenvalue weighted by Gasteiger charge is 2.38. The van der Waals surface area contributed by atoms with Crippen LogP contribution in [-0.2, 0) is 20.0 Å². The van der Waals surface area contributed by atoms with E-state index >= 15 is 0 Å². The Morgan fingerprint density at radius 2 is 1.82 bits per heavy atom. The number of nitrogens with zero attached hydrogens (tertiary/aromatic N) is 3. The van der Waals surface area contributed by atoms with Gasteiger partial charge in [-0.05, 0) is 24.3 Å². The molecule has 2 unspecified atom stereocenters. The van der Waals surface area contributed by atoms with Crippen molar-refractivity contribution in [1.29, 1.82) is 5.26 Å². The predicted octanol–water partition coefficient (Wildman–Crippen LogP) is 3.08. The number of amides is 2. The number of benzene rings is 2. The largest absolute Gasteiger partial charge is 0.419 e. The lowest BCUT2D eigenvalue weighted by atomic mass is 9.87. The Bertz CT molecular complexity index is 1220. The fourth-order valence-electron chi connectivity index (χ4n) is 3.49. The number of nitrogens with two attached hydrogens (primary N) is 1. The van der Waals surface area contributed by atoms with E-state index in [4.69, 9.17) is 15.3 Å². The van der Waals surface area contributed by atoms with Crippen LogP contribution in [0, 0.1) is 11.3 Å². The molecule has 164 valence electrons. The Balaban J connectivity index is 1.49. The molecule has 0 aliphatic carbocycles. The van der Waals surface area contributed by atoms with Crippen molar-refractivity contribution in [2.24, 2.45) is 10.9 Å². The summed E-state index contributed by atoms with van der Waals surface area (Å²) in [5, 5.41) is 16.7. The van der Waals surface area contributed by atoms with Gasteiger partial charge in [0, 0.05) is 41.2 Å². The minimum Gasteiger partial charge on any atom is -0.419 e. The number of anilines is 1. The van der Waals surface area contributed by atoms with Gasteiger partial charge in [0.25, 0.3) is 5.91 Å². The minimum absolute atomic E-state index is 0.313. The van der Waals surface area contributed by atoms with Gasteiger partial charge in [-0.15, -0.1) is 0 Å². The maximum Gasteiger partial charge on any atom is 0.406 e. The van der Waals surface area contributed by atoms with Crippen LogP contribution in [0.2, 0.25) is 0 Å². The van der Waals surface area contributed by atoms with E-state index < -0.39 is 17.8 Å². The molecule has 9 nitrogen and oxygen atoms in total. The predicted molar refractivity (Wildman–Crippen MR) is 119 cm³/mol. The molecule has 0 spiro atoms. The number of ether oxygens (including phenoxy) is 1. The molecule has 3 aromatic rings. The number of nitrogens with one attached hydrogen (secondary N) is 1. The summed E-state index contributed by atoms with van der Waals surface area (Å²) >= 11 is 0. The Hall–Kier alpha value is -4.71. The molecule has 2 amide bonds. The third-order valence-corrected chi connectivity index (χ3v) is 5.11. The third-order valence-electron chi connectivity index (χ3n) is 5.11. The molecule has 1 aliphatic rings. The average molecular weight is 441 g/mol. The zero-order chi connectivity index (χ0) is 23.3. The molecule has 2 aromatic carbocycles. The average Bonchev–Trinajstić information content (AvgIpc) is 3.35. The number of carbonyl (C=O) groups is 2. The highest BCUT2D eigenvalue weighted by atomic mass is 16.6. The number of nitriles is 1. The lowest BCUT2D eigenvalue weighted by Gasteiger charge is -2.27. The van der Waals surface area contributed by atoms with Gasteiger partial charge in [0.1, 0.15) is 6.07 Å². The standard InChI is InChI=1S/C24H19N5O4/c25-15-24(32-23(26)31,17-6-2-1-3-7-17)18-8-10-19(11-9-18)28-22(30)21-13-20(29-33-21)16-5-4-12-27-14-16/h1-12,14,21H,13H2,(H2,26,31)(H,28,30). The van der Waals surface area contributed by atoms with Crippen LogP contribution in [0.5, 0.6) is 0 Å². The molecule has 0 saturated heterocycles. The molecule has 33 heavy (non-hydrogen) atoms. The van der Waals surface area contributed by atoms with E-state index in [1.165, 1.54) is 0 Å². The van der Waals surface area contributed by atoms with Crippen LogP contribution < -0.4 is 11.1 Å². The fourth-order valence-corrected chi connectivity index (χ4v) is 3.49. The first-order chi connectivity index (χ1) is 16.0. The Kier molecular flexibility index (Phi) is 6.00. The van der Waals surface area contributed by atoms with Crippen molar-refractivity contribution in [3.05, 3.63) is 95.8 Å². The number of hydrogen-bond acceptors (Lipinski definition) is 7. The number of rotatable bonds is 6. The van der Waals surface area contributed by atoms with Crippen molar-refractivity contribution >= 4 is 23.4 Å². The summed E-state index contributed by atoms with van der Waals surface area (Å²) in [5.74, 6) is -0.367. The Morgan fingerprint density at radius 3 is 2.45 bits per heavy atom. The summed E-state index contributed by atoms with van der Waals surface area (Å²) < 4.78 is 5.27. The van der Waals surface area contributed by atoms with Gasteiger partial charge in [0.2, 0.25) is 11.7 Å². The number of primary amides is 1. The molecule has 1 aromatic heterocycles. The van der Waals surface area contributed by atoms with Crippen molar-refractivity contribution in [3.8, 4) is 6.07 Å². The van der Waals surface area contributed by atoms with E-state index in [1.807, 2.05) is 6.07 Å². The van der Waals surface area contributed by atoms with Gasteiger partial charge in [-0.2, -0.15) is 5.26 Å². The highest BCUT2D eigenvalue weighted by molar-refractivity contribution is 6.05. The minimum atomic E-state index is -1.73. The maximum atomic E-state index is 12.6. The van der Waals surface area contributed by atoms with Crippen molar-refractivity contribution in [1.82, 2.24) is 4.98 Å². The first-order valence-corrected chi connectivity index (χ1v) is 10.0. The third kappa shape index (κ3) is 4.50. The van der Waals surface area contributed by atoms with Gasteiger partial charge in [0.15, 0.2) is 0 Å². The molecule has 2 atom stereocenters. The molecule has 0 bridgehead atoms. The number of aromatic nitrogens is 1. The van der Waals surface area contributed by atoms with Gasteiger partial charge in [0.05, 0.1) is 5.71 Å². The topological polar surface area (TPSA) is 140 Å². The van der Waals surface area contributed by atoms with Gasteiger partial charge in [-0.3, -0.25) is 9.78 Å². The van der Waals surface area contributed by atoms with Crippen molar-refractivity contribution in [2.45, 2.75) is 18.1 Å². The fraction of sp³-hybridized carbons (Fsp3) is 0.125. The number of hydrogen-bond donors (Lipinski definition) is 2. The van der Waals surface area contributed by atoms with Crippen LogP contribution in [-0.4, -0.2) is 28.8 Å². The second kappa shape index (κ2) is 9.20. The highest BCUT2D eigenvalue weighted by Crippen LogP contribution is 2.34. The summed E-state index contributed by atoms with van der Waals surface area (Å²) in [6.45, 7) is 0. The zero-order valence-electron chi connectivity index (χ0n) is 17.3. The molecular formula is C24H19N5O4. The number of pyridine rings is 1. The van der Waals surface area contributed by atoms with E-state index in [0.29, 0.717) is 28.9 Å². The van der Waals surface area contributed by atoms with Gasteiger partial charge in [-0.1, -0.05) is 47.6 Å². The van der Waals surface area contributed by atoms with Crippen LogP contribution in [0.1, 0.15) is 23.1 Å². The van der Waals surface area contributed by atoms with Crippen LogP contribution in [0.4, 0.5) is 10.5 Å². The van der Waals surface area contributed by atoms with E-state index in [2.05, 4.69) is 21.5 Å². The summed E-state index contributed by atoms with van der Waals surface area (Å²) in [7, 11) is 0. The monoisotopic (exact) mass is 441 g/mol. The van der Waals surface area contributed by atoms with Crippen LogP contribution in [0.25, 0.3) is 0 Å². The van der Waals surface area contributed by atoms with Crippen molar-refractivity contribution in [3.63, 3.8) is 0 Å².